The first kappa shape index (κ1) is 14.6. The van der Waals surface area contributed by atoms with Crippen LogP contribution in [0.3, 0.4) is 0 Å². The Morgan fingerprint density at radius 1 is 1.30 bits per heavy atom. The summed E-state index contributed by atoms with van der Waals surface area (Å²) in [6.45, 7) is 4.16. The molecule has 0 aliphatic rings. The van der Waals surface area contributed by atoms with Gasteiger partial charge in [0.25, 0.3) is 0 Å². The Morgan fingerprint density at radius 3 is 2.60 bits per heavy atom. The van der Waals surface area contributed by atoms with E-state index in [1.165, 1.54) is 0 Å². The van der Waals surface area contributed by atoms with Gasteiger partial charge in [0.05, 0.1) is 19.5 Å². The Balaban J connectivity index is 2.35. The van der Waals surface area contributed by atoms with E-state index in [0.717, 1.165) is 28.2 Å². The second kappa shape index (κ2) is 6.11. The Labute approximate surface area is 119 Å². The minimum absolute atomic E-state index is 0.194. The Kier molecular flexibility index (Phi) is 4.47. The van der Waals surface area contributed by atoms with E-state index in [-0.39, 0.29) is 5.92 Å². The van der Waals surface area contributed by atoms with Crippen LogP contribution in [0.4, 0.5) is 0 Å². The number of ether oxygens (including phenoxy) is 1. The van der Waals surface area contributed by atoms with Gasteiger partial charge in [-0.05, 0) is 37.1 Å². The molecule has 0 spiro atoms. The fourth-order valence-corrected chi connectivity index (χ4v) is 2.43. The zero-order valence-electron chi connectivity index (χ0n) is 12.1. The van der Waals surface area contributed by atoms with Crippen molar-refractivity contribution in [3.63, 3.8) is 0 Å². The third-order valence-electron chi connectivity index (χ3n) is 3.71. The van der Waals surface area contributed by atoms with Crippen LogP contribution in [0.5, 0.6) is 5.75 Å². The summed E-state index contributed by atoms with van der Waals surface area (Å²) < 4.78 is 10.6. The molecule has 2 rings (SSSR count). The van der Waals surface area contributed by atoms with Gasteiger partial charge in [-0.2, -0.15) is 0 Å². The number of methoxy groups -OCH3 is 1. The number of nitrogens with two attached hydrogens (primary N) is 1. The third-order valence-corrected chi connectivity index (χ3v) is 3.71. The minimum atomic E-state index is -0.689. The van der Waals surface area contributed by atoms with E-state index in [2.05, 4.69) is 0 Å². The molecule has 0 bridgehead atoms. The highest BCUT2D eigenvalue weighted by Crippen LogP contribution is 2.34. The number of rotatable bonds is 5. The molecule has 0 aliphatic heterocycles. The summed E-state index contributed by atoms with van der Waals surface area (Å²) in [5.74, 6) is 1.33. The van der Waals surface area contributed by atoms with E-state index in [1.807, 2.05) is 32.0 Å². The Morgan fingerprint density at radius 2 is 2.05 bits per heavy atom. The average Bonchev–Trinajstić information content (AvgIpc) is 2.87. The second-order valence-electron chi connectivity index (χ2n) is 4.95. The van der Waals surface area contributed by atoms with Crippen LogP contribution in [0.1, 0.15) is 34.5 Å². The molecule has 2 unspecified atom stereocenters. The first-order valence-corrected chi connectivity index (χ1v) is 6.65. The summed E-state index contributed by atoms with van der Waals surface area (Å²) in [5.41, 5.74) is 8.66. The van der Waals surface area contributed by atoms with E-state index in [1.54, 1.807) is 19.4 Å². The van der Waals surface area contributed by atoms with Crippen LogP contribution in [0.2, 0.25) is 0 Å². The quantitative estimate of drug-likeness (QED) is 0.880. The molecule has 3 N–H and O–H groups in total. The molecule has 4 heteroatoms. The standard InChI is InChI=1S/C16H21NO3/c1-10-4-5-12(8-15(10)19-3)14(9-17)16(18)13-6-7-20-11(13)2/h4-8,14,16,18H,9,17H2,1-3H3. The molecule has 4 nitrogen and oxygen atoms in total. The van der Waals surface area contributed by atoms with Crippen LogP contribution in [0.25, 0.3) is 0 Å². The largest absolute Gasteiger partial charge is 0.496 e. The maximum absolute atomic E-state index is 10.6. The number of benzene rings is 1. The van der Waals surface area contributed by atoms with Crippen LogP contribution in [-0.4, -0.2) is 18.8 Å². The number of furan rings is 1. The summed E-state index contributed by atoms with van der Waals surface area (Å²) in [6, 6.07) is 7.68. The zero-order chi connectivity index (χ0) is 14.7. The van der Waals surface area contributed by atoms with Crippen molar-refractivity contribution in [3.8, 4) is 5.75 Å². The van der Waals surface area contributed by atoms with E-state index in [4.69, 9.17) is 14.9 Å². The molecule has 108 valence electrons. The van der Waals surface area contributed by atoms with E-state index >= 15 is 0 Å². The lowest BCUT2D eigenvalue weighted by Crippen LogP contribution is -2.20. The number of aryl methyl sites for hydroxylation is 2. The molecule has 0 fully saturated rings. The number of hydrogen-bond acceptors (Lipinski definition) is 4. The maximum atomic E-state index is 10.6. The van der Waals surface area contributed by atoms with Crippen molar-refractivity contribution in [3.05, 3.63) is 53.0 Å². The van der Waals surface area contributed by atoms with Gasteiger partial charge in [0.15, 0.2) is 0 Å². The van der Waals surface area contributed by atoms with Gasteiger partial charge in [0, 0.05) is 18.0 Å². The van der Waals surface area contributed by atoms with Crippen molar-refractivity contribution < 1.29 is 14.3 Å². The van der Waals surface area contributed by atoms with Gasteiger partial charge >= 0.3 is 0 Å². The fourth-order valence-electron chi connectivity index (χ4n) is 2.43. The highest BCUT2D eigenvalue weighted by molar-refractivity contribution is 5.39. The first-order valence-electron chi connectivity index (χ1n) is 6.65. The van der Waals surface area contributed by atoms with Crippen molar-refractivity contribution in [1.29, 1.82) is 0 Å². The van der Waals surface area contributed by atoms with Gasteiger partial charge in [-0.15, -0.1) is 0 Å². The SMILES string of the molecule is COc1cc(C(CN)C(O)c2ccoc2C)ccc1C. The smallest absolute Gasteiger partial charge is 0.122 e. The molecular formula is C16H21NO3. The Hall–Kier alpha value is -1.78. The molecule has 2 atom stereocenters. The summed E-state index contributed by atoms with van der Waals surface area (Å²) >= 11 is 0. The molecule has 1 heterocycles. The molecule has 1 aromatic heterocycles. The monoisotopic (exact) mass is 275 g/mol. The molecule has 0 radical (unpaired) electrons. The number of aliphatic hydroxyl groups excluding tert-OH is 1. The zero-order valence-corrected chi connectivity index (χ0v) is 12.1. The van der Waals surface area contributed by atoms with Crippen molar-refractivity contribution in [2.45, 2.75) is 25.9 Å². The topological polar surface area (TPSA) is 68.6 Å². The predicted octanol–water partition coefficient (Wildman–Crippen LogP) is 2.68. The molecule has 1 aromatic carbocycles. The lowest BCUT2D eigenvalue weighted by Gasteiger charge is -2.22. The van der Waals surface area contributed by atoms with Crippen LogP contribution in [0, 0.1) is 13.8 Å². The highest BCUT2D eigenvalue weighted by atomic mass is 16.5. The Bertz CT molecular complexity index is 577. The van der Waals surface area contributed by atoms with Gasteiger partial charge in [0.2, 0.25) is 0 Å². The van der Waals surface area contributed by atoms with Crippen molar-refractivity contribution in [1.82, 2.24) is 0 Å². The number of hydrogen-bond donors (Lipinski definition) is 2. The molecule has 0 saturated heterocycles. The molecular weight excluding hydrogens is 254 g/mol. The summed E-state index contributed by atoms with van der Waals surface area (Å²) in [4.78, 5) is 0. The minimum Gasteiger partial charge on any atom is -0.496 e. The normalized spacial score (nSPS) is 14.1. The number of aliphatic hydroxyl groups is 1. The van der Waals surface area contributed by atoms with Gasteiger partial charge in [0.1, 0.15) is 11.5 Å². The van der Waals surface area contributed by atoms with Crippen LogP contribution in [-0.2, 0) is 0 Å². The highest BCUT2D eigenvalue weighted by Gasteiger charge is 2.24. The van der Waals surface area contributed by atoms with E-state index in [0.29, 0.717) is 6.54 Å². The van der Waals surface area contributed by atoms with Crippen molar-refractivity contribution in [2.24, 2.45) is 5.73 Å². The average molecular weight is 275 g/mol. The predicted molar refractivity (Wildman–Crippen MR) is 77.9 cm³/mol. The molecule has 20 heavy (non-hydrogen) atoms. The van der Waals surface area contributed by atoms with E-state index in [9.17, 15) is 5.11 Å². The first-order chi connectivity index (χ1) is 9.58. The molecule has 0 aliphatic carbocycles. The van der Waals surface area contributed by atoms with Crippen LogP contribution < -0.4 is 10.5 Å². The van der Waals surface area contributed by atoms with Crippen LogP contribution in [0.15, 0.2) is 34.9 Å². The van der Waals surface area contributed by atoms with E-state index < -0.39 is 6.10 Å². The van der Waals surface area contributed by atoms with Gasteiger partial charge in [-0.1, -0.05) is 12.1 Å². The van der Waals surface area contributed by atoms with Crippen molar-refractivity contribution in [2.75, 3.05) is 13.7 Å². The maximum Gasteiger partial charge on any atom is 0.122 e. The van der Waals surface area contributed by atoms with Crippen molar-refractivity contribution >= 4 is 0 Å². The molecule has 0 amide bonds. The van der Waals surface area contributed by atoms with Gasteiger partial charge in [-0.3, -0.25) is 0 Å². The fraction of sp³-hybridized carbons (Fsp3) is 0.375. The van der Waals surface area contributed by atoms with Gasteiger partial charge in [-0.25, -0.2) is 0 Å². The molecule has 2 aromatic rings. The summed E-state index contributed by atoms with van der Waals surface area (Å²) in [6.07, 6.45) is 0.892. The van der Waals surface area contributed by atoms with Crippen LogP contribution >= 0.6 is 0 Å². The molecule has 0 saturated carbocycles. The second-order valence-corrected chi connectivity index (χ2v) is 4.95. The third kappa shape index (κ3) is 2.71. The summed E-state index contributed by atoms with van der Waals surface area (Å²) in [5, 5.41) is 10.6. The lowest BCUT2D eigenvalue weighted by atomic mass is 9.88. The van der Waals surface area contributed by atoms with Gasteiger partial charge < -0.3 is 20.0 Å². The lowest BCUT2D eigenvalue weighted by molar-refractivity contribution is 0.145. The summed E-state index contributed by atoms with van der Waals surface area (Å²) in [7, 11) is 1.64.